The molecular weight excluding hydrogens is 289 g/mol. The van der Waals surface area contributed by atoms with Crippen molar-refractivity contribution >= 4 is 16.8 Å². The molecule has 1 heterocycles. The Morgan fingerprint density at radius 1 is 1.38 bits per heavy atom. The number of primary amides is 1. The zero-order valence-corrected chi connectivity index (χ0v) is 10.9. The molecule has 0 fully saturated rings. The Morgan fingerprint density at radius 3 is 2.57 bits per heavy atom. The van der Waals surface area contributed by atoms with Gasteiger partial charge in [0, 0.05) is 12.7 Å². The fourth-order valence-corrected chi connectivity index (χ4v) is 2.01. The molecule has 2 rings (SSSR count). The molecule has 5 nitrogen and oxygen atoms in total. The predicted molar refractivity (Wildman–Crippen MR) is 69.1 cm³/mol. The molecule has 112 valence electrons. The topological polar surface area (TPSA) is 74.3 Å². The van der Waals surface area contributed by atoms with Gasteiger partial charge in [-0.2, -0.15) is 0 Å². The maximum absolute atomic E-state index is 12.2. The van der Waals surface area contributed by atoms with E-state index in [2.05, 4.69) is 4.74 Å². The van der Waals surface area contributed by atoms with Crippen molar-refractivity contribution in [2.45, 2.75) is 19.8 Å². The molecule has 0 unspecified atom stereocenters. The van der Waals surface area contributed by atoms with Crippen molar-refractivity contribution in [2.24, 2.45) is 5.73 Å². The third-order valence-corrected chi connectivity index (χ3v) is 2.89. The number of hydrogen-bond donors (Lipinski definition) is 1. The maximum atomic E-state index is 12.2. The number of nitrogens with two attached hydrogens (primary N) is 1. The predicted octanol–water partition coefficient (Wildman–Crippen LogP) is 2.02. The fraction of sp³-hybridized carbons (Fsp3) is 0.231. The molecule has 0 radical (unpaired) electrons. The van der Waals surface area contributed by atoms with Crippen LogP contribution < -0.4 is 15.9 Å². The summed E-state index contributed by atoms with van der Waals surface area (Å²) in [4.78, 5) is 23.3. The molecule has 0 aliphatic heterocycles. The normalized spacial score (nSPS) is 11.6. The number of amides is 1. The number of halogens is 3. The number of aromatic nitrogens is 1. The lowest BCUT2D eigenvalue weighted by molar-refractivity contribution is -0.274. The monoisotopic (exact) mass is 300 g/mol. The Labute approximate surface area is 116 Å². The Kier molecular flexibility index (Phi) is 3.63. The van der Waals surface area contributed by atoms with E-state index >= 15 is 0 Å². The van der Waals surface area contributed by atoms with Crippen molar-refractivity contribution in [1.82, 2.24) is 4.57 Å². The summed E-state index contributed by atoms with van der Waals surface area (Å²) in [5, 5.41) is -0.0603. The lowest BCUT2D eigenvalue weighted by Gasteiger charge is -2.13. The number of ether oxygens (including phenoxy) is 1. The van der Waals surface area contributed by atoms with Crippen LogP contribution >= 0.6 is 0 Å². The average Bonchev–Trinajstić information content (AvgIpc) is 2.37. The minimum atomic E-state index is -4.86. The number of carbonyl (C=O) groups excluding carboxylic acids is 1. The van der Waals surface area contributed by atoms with Gasteiger partial charge in [-0.1, -0.05) is 0 Å². The van der Waals surface area contributed by atoms with E-state index in [4.69, 9.17) is 5.73 Å². The maximum Gasteiger partial charge on any atom is 0.573 e. The van der Waals surface area contributed by atoms with Crippen LogP contribution in [0.4, 0.5) is 13.2 Å². The summed E-state index contributed by atoms with van der Waals surface area (Å²) in [6, 6.07) is 3.38. The van der Waals surface area contributed by atoms with Gasteiger partial charge in [0.05, 0.1) is 10.9 Å². The molecule has 0 spiro atoms. The number of hydrogen-bond acceptors (Lipinski definition) is 3. The van der Waals surface area contributed by atoms with Gasteiger partial charge >= 0.3 is 6.36 Å². The molecular formula is C13H11F3N2O3. The first-order valence-corrected chi connectivity index (χ1v) is 5.95. The number of fused-ring (bicyclic) bond motifs is 1. The van der Waals surface area contributed by atoms with Crippen molar-refractivity contribution in [2.75, 3.05) is 0 Å². The van der Waals surface area contributed by atoms with Gasteiger partial charge in [0.1, 0.15) is 11.3 Å². The highest BCUT2D eigenvalue weighted by atomic mass is 19.4. The van der Waals surface area contributed by atoms with Crippen LogP contribution in [0.2, 0.25) is 0 Å². The van der Waals surface area contributed by atoms with Crippen molar-refractivity contribution in [1.29, 1.82) is 0 Å². The summed E-state index contributed by atoms with van der Waals surface area (Å²) in [6.45, 7) is 2.17. The second-order valence-corrected chi connectivity index (χ2v) is 4.25. The van der Waals surface area contributed by atoms with Crippen LogP contribution in [0.25, 0.3) is 10.9 Å². The first-order chi connectivity index (χ1) is 9.73. The number of aryl methyl sites for hydroxylation is 1. The molecule has 2 N–H and O–H groups in total. The molecule has 1 amide bonds. The zero-order chi connectivity index (χ0) is 15.8. The Morgan fingerprint density at radius 2 is 2.05 bits per heavy atom. The molecule has 0 aliphatic rings. The fourth-order valence-electron chi connectivity index (χ4n) is 2.01. The van der Waals surface area contributed by atoms with E-state index in [0.29, 0.717) is 12.1 Å². The van der Waals surface area contributed by atoms with Gasteiger partial charge in [-0.15, -0.1) is 13.2 Å². The molecule has 0 saturated heterocycles. The van der Waals surface area contributed by atoms with Gasteiger partial charge in [0.15, 0.2) is 0 Å². The lowest BCUT2D eigenvalue weighted by Crippen LogP contribution is -2.24. The minimum absolute atomic E-state index is 0.0603. The lowest BCUT2D eigenvalue weighted by atomic mass is 10.1. The molecule has 0 bridgehead atoms. The largest absolute Gasteiger partial charge is 0.573 e. The van der Waals surface area contributed by atoms with Gasteiger partial charge < -0.3 is 15.0 Å². The second-order valence-electron chi connectivity index (χ2n) is 4.25. The molecule has 1 aromatic heterocycles. The third kappa shape index (κ3) is 2.99. The van der Waals surface area contributed by atoms with Crippen LogP contribution in [0, 0.1) is 0 Å². The van der Waals surface area contributed by atoms with Crippen molar-refractivity contribution < 1.29 is 22.7 Å². The number of benzene rings is 1. The highest BCUT2D eigenvalue weighted by Crippen LogP contribution is 2.25. The summed E-state index contributed by atoms with van der Waals surface area (Å²) in [5.74, 6) is -1.47. The van der Waals surface area contributed by atoms with Gasteiger partial charge in [0.2, 0.25) is 5.43 Å². The first kappa shape index (κ1) is 14.9. The van der Waals surface area contributed by atoms with Crippen molar-refractivity contribution in [3.63, 3.8) is 0 Å². The molecule has 2 aromatic rings. The number of alkyl halides is 3. The average molecular weight is 300 g/mol. The van der Waals surface area contributed by atoms with E-state index in [-0.39, 0.29) is 10.9 Å². The van der Waals surface area contributed by atoms with E-state index in [1.54, 1.807) is 11.5 Å². The smallest absolute Gasteiger partial charge is 0.406 e. The van der Waals surface area contributed by atoms with E-state index in [9.17, 15) is 22.8 Å². The van der Waals surface area contributed by atoms with Crippen LogP contribution in [0.5, 0.6) is 5.75 Å². The van der Waals surface area contributed by atoms with E-state index < -0.39 is 23.4 Å². The number of pyridine rings is 1. The SMILES string of the molecule is CCn1cc(C(N)=O)c(=O)c2cc(OC(F)(F)F)ccc21. The van der Waals surface area contributed by atoms with E-state index in [1.165, 1.54) is 12.3 Å². The third-order valence-electron chi connectivity index (χ3n) is 2.89. The standard InChI is InChI=1S/C13H11F3N2O3/c1-2-18-6-9(12(17)20)11(19)8-5-7(3-4-10(8)18)21-13(14,15)16/h3-6H,2H2,1H3,(H2,17,20). The van der Waals surface area contributed by atoms with Crippen LogP contribution in [-0.4, -0.2) is 16.8 Å². The van der Waals surface area contributed by atoms with Crippen LogP contribution in [0.15, 0.2) is 29.2 Å². The van der Waals surface area contributed by atoms with E-state index in [0.717, 1.165) is 12.1 Å². The van der Waals surface area contributed by atoms with Gasteiger partial charge in [-0.05, 0) is 25.1 Å². The van der Waals surface area contributed by atoms with Gasteiger partial charge in [-0.3, -0.25) is 9.59 Å². The molecule has 1 aromatic carbocycles. The Balaban J connectivity index is 2.72. The number of nitrogens with zero attached hydrogens (tertiary/aromatic N) is 1. The minimum Gasteiger partial charge on any atom is -0.406 e. The Bertz CT molecular complexity index is 766. The van der Waals surface area contributed by atoms with Crippen LogP contribution in [0.1, 0.15) is 17.3 Å². The number of carbonyl (C=O) groups is 1. The summed E-state index contributed by atoms with van der Waals surface area (Å²) < 4.78 is 42.0. The van der Waals surface area contributed by atoms with E-state index in [1.807, 2.05) is 0 Å². The van der Waals surface area contributed by atoms with Gasteiger partial charge in [0.25, 0.3) is 5.91 Å². The molecule has 0 saturated carbocycles. The highest BCUT2D eigenvalue weighted by molar-refractivity contribution is 5.96. The van der Waals surface area contributed by atoms with Crippen LogP contribution in [-0.2, 0) is 6.54 Å². The van der Waals surface area contributed by atoms with Gasteiger partial charge in [-0.25, -0.2) is 0 Å². The zero-order valence-electron chi connectivity index (χ0n) is 10.9. The first-order valence-electron chi connectivity index (χ1n) is 5.95. The second kappa shape index (κ2) is 5.12. The number of rotatable bonds is 3. The highest BCUT2D eigenvalue weighted by Gasteiger charge is 2.31. The summed E-state index contributed by atoms with van der Waals surface area (Å²) >= 11 is 0. The molecule has 21 heavy (non-hydrogen) atoms. The molecule has 8 heteroatoms. The van der Waals surface area contributed by atoms with Crippen molar-refractivity contribution in [3.8, 4) is 5.75 Å². The summed E-state index contributed by atoms with van der Waals surface area (Å²) in [5.41, 5.74) is 4.49. The molecule has 0 aliphatic carbocycles. The van der Waals surface area contributed by atoms with Crippen molar-refractivity contribution in [3.05, 3.63) is 40.2 Å². The summed E-state index contributed by atoms with van der Waals surface area (Å²) in [6.07, 6.45) is -3.57. The summed E-state index contributed by atoms with van der Waals surface area (Å²) in [7, 11) is 0. The Hall–Kier alpha value is -2.51. The molecule has 0 atom stereocenters. The quantitative estimate of drug-likeness (QED) is 0.942. The van der Waals surface area contributed by atoms with Crippen LogP contribution in [0.3, 0.4) is 0 Å².